The Labute approximate surface area is 127 Å². The minimum Gasteiger partial charge on any atom is -0.497 e. The van der Waals surface area contributed by atoms with Gasteiger partial charge in [-0.1, -0.05) is 0 Å². The lowest BCUT2D eigenvalue weighted by Gasteiger charge is -2.30. The van der Waals surface area contributed by atoms with Crippen LogP contribution in [0.5, 0.6) is 5.75 Å². The van der Waals surface area contributed by atoms with Gasteiger partial charge in [0.25, 0.3) is 0 Å². The van der Waals surface area contributed by atoms with E-state index >= 15 is 0 Å². The van der Waals surface area contributed by atoms with Crippen LogP contribution in [0.25, 0.3) is 0 Å². The summed E-state index contributed by atoms with van der Waals surface area (Å²) in [5.41, 5.74) is 2.30. The molecule has 0 atom stereocenters. The number of benzene rings is 1. The van der Waals surface area contributed by atoms with Gasteiger partial charge in [0.15, 0.2) is 0 Å². The van der Waals surface area contributed by atoms with Gasteiger partial charge < -0.3 is 15.0 Å². The maximum atomic E-state index is 12.5. The molecular weight excluding hydrogens is 264 g/mol. The molecule has 21 heavy (non-hydrogen) atoms. The lowest BCUT2D eigenvalue weighted by Crippen LogP contribution is -2.41. The molecule has 0 aromatic heterocycles. The molecule has 1 aliphatic heterocycles. The molecule has 1 N–H and O–H groups in total. The van der Waals surface area contributed by atoms with Gasteiger partial charge in [-0.2, -0.15) is 0 Å². The quantitative estimate of drug-likeness (QED) is 0.927. The lowest BCUT2D eigenvalue weighted by atomic mass is 10.0. The van der Waals surface area contributed by atoms with Crippen LogP contribution in [0.2, 0.25) is 0 Å². The minimum absolute atomic E-state index is 0.0491. The molecule has 0 bridgehead atoms. The van der Waals surface area contributed by atoms with E-state index in [2.05, 4.69) is 26.1 Å². The zero-order valence-electron chi connectivity index (χ0n) is 13.5. The summed E-state index contributed by atoms with van der Waals surface area (Å²) in [6.45, 7) is 7.86. The number of carbonyl (C=O) groups excluding carboxylic acids is 1. The Morgan fingerprint density at radius 2 is 2.14 bits per heavy atom. The topological polar surface area (TPSA) is 41.6 Å². The van der Waals surface area contributed by atoms with E-state index in [-0.39, 0.29) is 11.4 Å². The van der Waals surface area contributed by atoms with E-state index in [1.54, 1.807) is 7.11 Å². The van der Waals surface area contributed by atoms with Crippen molar-refractivity contribution in [2.45, 2.75) is 45.6 Å². The Kier molecular flexibility index (Phi) is 4.88. The summed E-state index contributed by atoms with van der Waals surface area (Å²) in [4.78, 5) is 14.4. The highest BCUT2D eigenvalue weighted by Crippen LogP contribution is 2.30. The van der Waals surface area contributed by atoms with Gasteiger partial charge in [0, 0.05) is 30.7 Å². The molecule has 0 unspecified atom stereocenters. The fourth-order valence-electron chi connectivity index (χ4n) is 2.64. The number of ether oxygens (including phenoxy) is 1. The fraction of sp³-hybridized carbons (Fsp3) is 0.588. The third-order valence-corrected chi connectivity index (χ3v) is 3.70. The molecule has 1 heterocycles. The first-order valence-corrected chi connectivity index (χ1v) is 7.63. The molecule has 1 aromatic rings. The highest BCUT2D eigenvalue weighted by Gasteiger charge is 2.22. The van der Waals surface area contributed by atoms with Crippen molar-refractivity contribution in [1.29, 1.82) is 0 Å². The highest BCUT2D eigenvalue weighted by molar-refractivity contribution is 5.94. The average molecular weight is 290 g/mol. The molecule has 4 nitrogen and oxygen atoms in total. The SMILES string of the molecule is COc1ccc2c(c1)CCCN2C(=O)CCNC(C)(C)C. The molecule has 0 radical (unpaired) electrons. The van der Waals surface area contributed by atoms with Crippen molar-refractivity contribution in [3.63, 3.8) is 0 Å². The number of hydrogen-bond donors (Lipinski definition) is 1. The smallest absolute Gasteiger partial charge is 0.228 e. The van der Waals surface area contributed by atoms with Crippen LogP contribution in [-0.4, -0.2) is 31.6 Å². The van der Waals surface area contributed by atoms with E-state index in [1.807, 2.05) is 23.1 Å². The van der Waals surface area contributed by atoms with Crippen LogP contribution in [0.1, 0.15) is 39.2 Å². The van der Waals surface area contributed by atoms with Gasteiger partial charge in [-0.25, -0.2) is 0 Å². The van der Waals surface area contributed by atoms with E-state index in [4.69, 9.17) is 4.74 Å². The normalized spacial score (nSPS) is 14.8. The van der Waals surface area contributed by atoms with Crippen molar-refractivity contribution < 1.29 is 9.53 Å². The van der Waals surface area contributed by atoms with Gasteiger partial charge in [0.05, 0.1) is 7.11 Å². The molecule has 4 heteroatoms. The third kappa shape index (κ3) is 4.21. The molecule has 1 aliphatic rings. The standard InChI is InChI=1S/C17H26N2O2/c1-17(2,3)18-10-9-16(20)19-11-5-6-13-12-14(21-4)7-8-15(13)19/h7-8,12,18H,5-6,9-11H2,1-4H3. The Morgan fingerprint density at radius 1 is 1.38 bits per heavy atom. The van der Waals surface area contributed by atoms with Gasteiger partial charge in [-0.15, -0.1) is 0 Å². The summed E-state index contributed by atoms with van der Waals surface area (Å²) in [5.74, 6) is 1.05. The van der Waals surface area contributed by atoms with E-state index < -0.39 is 0 Å². The number of carbonyl (C=O) groups is 1. The van der Waals surface area contributed by atoms with E-state index in [9.17, 15) is 4.79 Å². The van der Waals surface area contributed by atoms with E-state index in [1.165, 1.54) is 5.56 Å². The van der Waals surface area contributed by atoms with Crippen LogP contribution in [0.4, 0.5) is 5.69 Å². The zero-order chi connectivity index (χ0) is 15.5. The second-order valence-electron chi connectivity index (χ2n) is 6.57. The van der Waals surface area contributed by atoms with Crippen LogP contribution in [0.3, 0.4) is 0 Å². The Morgan fingerprint density at radius 3 is 2.81 bits per heavy atom. The largest absolute Gasteiger partial charge is 0.497 e. The lowest BCUT2D eigenvalue weighted by molar-refractivity contribution is -0.118. The molecular formula is C17H26N2O2. The third-order valence-electron chi connectivity index (χ3n) is 3.70. The Hall–Kier alpha value is -1.55. The first-order valence-electron chi connectivity index (χ1n) is 7.63. The second-order valence-corrected chi connectivity index (χ2v) is 6.57. The molecule has 0 saturated heterocycles. The molecule has 2 rings (SSSR count). The molecule has 0 saturated carbocycles. The van der Waals surface area contributed by atoms with Gasteiger partial charge >= 0.3 is 0 Å². The van der Waals surface area contributed by atoms with Gasteiger partial charge in [-0.05, 0) is 57.4 Å². The van der Waals surface area contributed by atoms with Crippen molar-refractivity contribution in [3.8, 4) is 5.75 Å². The average Bonchev–Trinajstić information content (AvgIpc) is 2.44. The molecule has 116 valence electrons. The highest BCUT2D eigenvalue weighted by atomic mass is 16.5. The molecule has 0 aliphatic carbocycles. The first kappa shape index (κ1) is 15.8. The zero-order valence-corrected chi connectivity index (χ0v) is 13.5. The summed E-state index contributed by atoms with van der Waals surface area (Å²) in [5, 5.41) is 3.37. The maximum absolute atomic E-state index is 12.5. The maximum Gasteiger partial charge on any atom is 0.228 e. The van der Waals surface area contributed by atoms with Crippen molar-refractivity contribution in [2.24, 2.45) is 0 Å². The van der Waals surface area contributed by atoms with Crippen LogP contribution < -0.4 is 15.0 Å². The number of nitrogens with zero attached hydrogens (tertiary/aromatic N) is 1. The predicted molar refractivity (Wildman–Crippen MR) is 86.0 cm³/mol. The summed E-state index contributed by atoms with van der Waals surface area (Å²) >= 11 is 0. The first-order chi connectivity index (χ1) is 9.90. The van der Waals surface area contributed by atoms with Crippen LogP contribution >= 0.6 is 0 Å². The number of hydrogen-bond acceptors (Lipinski definition) is 3. The van der Waals surface area contributed by atoms with Crippen LogP contribution in [0.15, 0.2) is 18.2 Å². The second kappa shape index (κ2) is 6.48. The molecule has 0 spiro atoms. The van der Waals surface area contributed by atoms with Crippen molar-refractivity contribution >= 4 is 11.6 Å². The number of amides is 1. The van der Waals surface area contributed by atoms with Gasteiger partial charge in [0.2, 0.25) is 5.91 Å². The molecule has 0 fully saturated rings. The van der Waals surface area contributed by atoms with Crippen LogP contribution in [0, 0.1) is 0 Å². The number of aryl methyl sites for hydroxylation is 1. The molecule has 1 amide bonds. The number of fused-ring (bicyclic) bond motifs is 1. The summed E-state index contributed by atoms with van der Waals surface area (Å²) < 4.78 is 5.26. The van der Waals surface area contributed by atoms with Crippen molar-refractivity contribution in [3.05, 3.63) is 23.8 Å². The van der Waals surface area contributed by atoms with Gasteiger partial charge in [-0.3, -0.25) is 4.79 Å². The van der Waals surface area contributed by atoms with E-state index in [0.717, 1.165) is 30.8 Å². The van der Waals surface area contributed by atoms with Crippen molar-refractivity contribution in [1.82, 2.24) is 5.32 Å². The fourth-order valence-corrected chi connectivity index (χ4v) is 2.64. The van der Waals surface area contributed by atoms with Crippen LogP contribution in [-0.2, 0) is 11.2 Å². The number of rotatable bonds is 4. The summed E-state index contributed by atoms with van der Waals surface area (Å²) in [7, 11) is 1.67. The number of anilines is 1. The molecule has 1 aromatic carbocycles. The van der Waals surface area contributed by atoms with Crippen molar-refractivity contribution in [2.75, 3.05) is 25.1 Å². The number of methoxy groups -OCH3 is 1. The van der Waals surface area contributed by atoms with Gasteiger partial charge in [0.1, 0.15) is 5.75 Å². The minimum atomic E-state index is 0.0491. The number of nitrogens with one attached hydrogen (secondary N) is 1. The Balaban J connectivity index is 2.03. The monoisotopic (exact) mass is 290 g/mol. The predicted octanol–water partition coefficient (Wildman–Crippen LogP) is 2.75. The Bertz CT molecular complexity index is 506. The summed E-state index contributed by atoms with van der Waals surface area (Å²) in [6.07, 6.45) is 2.55. The van der Waals surface area contributed by atoms with E-state index in [0.29, 0.717) is 13.0 Å². The summed E-state index contributed by atoms with van der Waals surface area (Å²) in [6, 6.07) is 5.97.